The Labute approximate surface area is 121 Å². The Morgan fingerprint density at radius 3 is 2.15 bits per heavy atom. The zero-order valence-electron chi connectivity index (χ0n) is 10.7. The second-order valence-electron chi connectivity index (χ2n) is 4.25. The lowest BCUT2D eigenvalue weighted by atomic mass is 10.1. The van der Waals surface area contributed by atoms with Crippen LogP contribution >= 0.6 is 11.8 Å². The van der Waals surface area contributed by atoms with Crippen LogP contribution in [-0.2, 0) is 0 Å². The van der Waals surface area contributed by atoms with Crippen molar-refractivity contribution in [2.45, 2.75) is 9.79 Å². The molecule has 0 atom stereocenters. The third-order valence-corrected chi connectivity index (χ3v) is 3.86. The van der Waals surface area contributed by atoms with Crippen molar-refractivity contribution >= 4 is 17.5 Å². The molecule has 3 rings (SSSR count). The highest BCUT2D eigenvalue weighted by atomic mass is 32.2. The molecule has 0 N–H and O–H groups in total. The molecule has 0 aliphatic rings. The molecule has 0 aliphatic carbocycles. The maximum atomic E-state index is 12.1. The van der Waals surface area contributed by atoms with Gasteiger partial charge in [-0.25, -0.2) is 0 Å². The smallest absolute Gasteiger partial charge is 0.228 e. The summed E-state index contributed by atoms with van der Waals surface area (Å²) in [5.74, 6) is 0.278. The molecule has 0 spiro atoms. The van der Waals surface area contributed by atoms with Gasteiger partial charge in [-0.2, -0.15) is 0 Å². The number of rotatable bonds is 4. The number of hydrogen-bond donors (Lipinski definition) is 0. The number of ketones is 1. The van der Waals surface area contributed by atoms with Crippen LogP contribution in [0.3, 0.4) is 0 Å². The minimum absolute atomic E-state index is 0.0914. The predicted molar refractivity (Wildman–Crippen MR) is 79.1 cm³/mol. The van der Waals surface area contributed by atoms with E-state index in [2.05, 4.69) is 12.1 Å². The van der Waals surface area contributed by atoms with E-state index in [-0.39, 0.29) is 5.78 Å². The normalized spacial score (nSPS) is 10.4. The van der Waals surface area contributed by atoms with Gasteiger partial charge in [-0.15, -0.1) is 0 Å². The van der Waals surface area contributed by atoms with Gasteiger partial charge in [0.05, 0.1) is 6.26 Å². The Kier molecular flexibility index (Phi) is 3.70. The Hall–Kier alpha value is -2.26. The Morgan fingerprint density at radius 2 is 1.50 bits per heavy atom. The third kappa shape index (κ3) is 2.83. The summed E-state index contributed by atoms with van der Waals surface area (Å²) < 4.78 is 5.12. The average molecular weight is 280 g/mol. The van der Waals surface area contributed by atoms with Crippen LogP contribution in [0.5, 0.6) is 0 Å². The van der Waals surface area contributed by atoms with E-state index in [1.807, 2.05) is 42.5 Å². The number of furan rings is 1. The first-order chi connectivity index (χ1) is 9.83. The molecule has 0 unspecified atom stereocenters. The van der Waals surface area contributed by atoms with Gasteiger partial charge in [0.25, 0.3) is 0 Å². The van der Waals surface area contributed by atoms with Crippen LogP contribution in [-0.4, -0.2) is 5.78 Å². The predicted octanol–water partition coefficient (Wildman–Crippen LogP) is 4.66. The molecule has 0 amide bonds. The van der Waals surface area contributed by atoms with Crippen LogP contribution in [0.1, 0.15) is 16.1 Å². The van der Waals surface area contributed by atoms with Crippen molar-refractivity contribution < 1.29 is 9.21 Å². The molecule has 0 fully saturated rings. The van der Waals surface area contributed by atoms with E-state index in [0.717, 1.165) is 4.90 Å². The van der Waals surface area contributed by atoms with E-state index in [1.54, 1.807) is 23.9 Å². The zero-order valence-corrected chi connectivity index (χ0v) is 11.5. The van der Waals surface area contributed by atoms with Gasteiger partial charge in [-0.1, -0.05) is 30.0 Å². The topological polar surface area (TPSA) is 30.2 Å². The quantitative estimate of drug-likeness (QED) is 0.651. The lowest BCUT2D eigenvalue weighted by Crippen LogP contribution is -1.98. The molecular weight excluding hydrogens is 268 g/mol. The standard InChI is InChI=1S/C17H12O2S/c18-17(16-7-4-12-19-16)13-8-10-15(11-9-13)20-14-5-2-1-3-6-14/h1-12H. The molecular formula is C17H12O2S. The molecule has 0 radical (unpaired) electrons. The largest absolute Gasteiger partial charge is 0.461 e. The average Bonchev–Trinajstić information content (AvgIpc) is 3.03. The highest BCUT2D eigenvalue weighted by Gasteiger charge is 2.11. The fourth-order valence-corrected chi connectivity index (χ4v) is 2.69. The molecule has 1 heterocycles. The van der Waals surface area contributed by atoms with Crippen molar-refractivity contribution in [3.63, 3.8) is 0 Å². The maximum absolute atomic E-state index is 12.1. The Morgan fingerprint density at radius 1 is 0.800 bits per heavy atom. The van der Waals surface area contributed by atoms with Crippen molar-refractivity contribution in [2.24, 2.45) is 0 Å². The van der Waals surface area contributed by atoms with Crippen LogP contribution in [0.15, 0.2) is 87.2 Å². The molecule has 3 heteroatoms. The monoisotopic (exact) mass is 280 g/mol. The molecule has 0 saturated carbocycles. The number of carbonyl (C=O) groups is 1. The molecule has 0 saturated heterocycles. The third-order valence-electron chi connectivity index (χ3n) is 2.84. The van der Waals surface area contributed by atoms with Crippen LogP contribution < -0.4 is 0 Å². The first kappa shape index (κ1) is 12.8. The number of benzene rings is 2. The summed E-state index contributed by atoms with van der Waals surface area (Å²) in [7, 11) is 0. The molecule has 0 aliphatic heterocycles. The Bertz CT molecular complexity index is 686. The number of hydrogen-bond acceptors (Lipinski definition) is 3. The summed E-state index contributed by atoms with van der Waals surface area (Å²) in [6.07, 6.45) is 1.51. The van der Waals surface area contributed by atoms with Gasteiger partial charge in [0, 0.05) is 15.4 Å². The molecule has 0 bridgehead atoms. The highest BCUT2D eigenvalue weighted by Crippen LogP contribution is 2.27. The van der Waals surface area contributed by atoms with E-state index >= 15 is 0 Å². The van der Waals surface area contributed by atoms with Gasteiger partial charge >= 0.3 is 0 Å². The van der Waals surface area contributed by atoms with Gasteiger partial charge in [-0.3, -0.25) is 4.79 Å². The molecule has 2 aromatic carbocycles. The summed E-state index contributed by atoms with van der Waals surface area (Å²) in [4.78, 5) is 14.4. The molecule has 1 aromatic heterocycles. The summed E-state index contributed by atoms with van der Waals surface area (Å²) in [5, 5.41) is 0. The molecule has 2 nitrogen and oxygen atoms in total. The van der Waals surface area contributed by atoms with E-state index in [4.69, 9.17) is 4.42 Å². The minimum atomic E-state index is -0.0914. The van der Waals surface area contributed by atoms with Crippen LogP contribution in [0.4, 0.5) is 0 Å². The first-order valence-electron chi connectivity index (χ1n) is 6.24. The summed E-state index contributed by atoms with van der Waals surface area (Å²) in [5.41, 5.74) is 0.636. The van der Waals surface area contributed by atoms with Gasteiger partial charge in [0.1, 0.15) is 0 Å². The first-order valence-corrected chi connectivity index (χ1v) is 7.06. The Balaban J connectivity index is 1.76. The number of carbonyl (C=O) groups excluding carboxylic acids is 1. The minimum Gasteiger partial charge on any atom is -0.461 e. The SMILES string of the molecule is O=C(c1ccc(Sc2ccccc2)cc1)c1ccco1. The van der Waals surface area contributed by atoms with Gasteiger partial charge in [0.15, 0.2) is 5.76 Å². The second kappa shape index (κ2) is 5.80. The van der Waals surface area contributed by atoms with E-state index in [1.165, 1.54) is 11.2 Å². The lowest BCUT2D eigenvalue weighted by Gasteiger charge is -2.03. The second-order valence-corrected chi connectivity index (χ2v) is 5.39. The van der Waals surface area contributed by atoms with Crippen molar-refractivity contribution in [3.05, 3.63) is 84.3 Å². The van der Waals surface area contributed by atoms with Gasteiger partial charge < -0.3 is 4.42 Å². The van der Waals surface area contributed by atoms with Crippen molar-refractivity contribution in [2.75, 3.05) is 0 Å². The summed E-state index contributed by atoms with van der Waals surface area (Å²) in [6, 6.07) is 21.1. The fraction of sp³-hybridized carbons (Fsp3) is 0. The van der Waals surface area contributed by atoms with Crippen molar-refractivity contribution in [3.8, 4) is 0 Å². The van der Waals surface area contributed by atoms with E-state index < -0.39 is 0 Å². The summed E-state index contributed by atoms with van der Waals surface area (Å²) >= 11 is 1.67. The molecule has 3 aromatic rings. The highest BCUT2D eigenvalue weighted by molar-refractivity contribution is 7.99. The fourth-order valence-electron chi connectivity index (χ4n) is 1.85. The van der Waals surface area contributed by atoms with Crippen LogP contribution in [0.2, 0.25) is 0 Å². The molecule has 20 heavy (non-hydrogen) atoms. The van der Waals surface area contributed by atoms with Crippen LogP contribution in [0.25, 0.3) is 0 Å². The van der Waals surface area contributed by atoms with Crippen LogP contribution in [0, 0.1) is 0 Å². The van der Waals surface area contributed by atoms with Gasteiger partial charge in [-0.05, 0) is 48.5 Å². The van der Waals surface area contributed by atoms with Crippen molar-refractivity contribution in [1.29, 1.82) is 0 Å². The zero-order chi connectivity index (χ0) is 13.8. The summed E-state index contributed by atoms with van der Waals surface area (Å²) in [6.45, 7) is 0. The van der Waals surface area contributed by atoms with Gasteiger partial charge in [0.2, 0.25) is 5.78 Å². The van der Waals surface area contributed by atoms with Crippen molar-refractivity contribution in [1.82, 2.24) is 0 Å². The maximum Gasteiger partial charge on any atom is 0.228 e. The van der Waals surface area contributed by atoms with E-state index in [0.29, 0.717) is 11.3 Å². The van der Waals surface area contributed by atoms with E-state index in [9.17, 15) is 4.79 Å². The lowest BCUT2D eigenvalue weighted by molar-refractivity contribution is 0.101. The molecule has 98 valence electrons.